The summed E-state index contributed by atoms with van der Waals surface area (Å²) in [7, 11) is 0. The van der Waals surface area contributed by atoms with Gasteiger partial charge in [-0.25, -0.2) is 4.79 Å². The Hall–Kier alpha value is -1.09. The third kappa shape index (κ3) is 2.55. The van der Waals surface area contributed by atoms with Crippen LogP contribution in [0, 0.1) is 0 Å². The Morgan fingerprint density at radius 1 is 1.64 bits per heavy atom. The molecule has 0 heterocycles. The van der Waals surface area contributed by atoms with Gasteiger partial charge < -0.3 is 10.8 Å². The molecular formula is C8H13NO2. The number of carboxylic acid groups (broad SMARTS) is 1. The maximum Gasteiger partial charge on any atom is 0.333 e. The zero-order valence-corrected chi connectivity index (χ0v) is 6.79. The number of carbonyl (C=O) groups is 1. The van der Waals surface area contributed by atoms with Crippen molar-refractivity contribution in [2.45, 2.75) is 19.9 Å². The number of hydrogen-bond donors (Lipinski definition) is 2. The molecule has 0 rings (SSSR count). The molecule has 0 aliphatic heterocycles. The summed E-state index contributed by atoms with van der Waals surface area (Å²) >= 11 is 0. The minimum absolute atomic E-state index is 0.222. The third-order valence-electron chi connectivity index (χ3n) is 1.36. The maximum absolute atomic E-state index is 10.6. The second-order valence-corrected chi connectivity index (χ2v) is 2.48. The Labute approximate surface area is 66.2 Å². The predicted molar refractivity (Wildman–Crippen MR) is 44.2 cm³/mol. The standard InChI is InChI=1S/C8H13NO2/c1-4-6(9)7(5(2)3)8(10)11/h4,6H,1,9H2,2-3H3,(H,10,11). The monoisotopic (exact) mass is 155 g/mol. The van der Waals surface area contributed by atoms with Crippen LogP contribution in [0.1, 0.15) is 13.8 Å². The van der Waals surface area contributed by atoms with E-state index < -0.39 is 12.0 Å². The lowest BCUT2D eigenvalue weighted by Crippen LogP contribution is -2.25. The second kappa shape index (κ2) is 3.93. The van der Waals surface area contributed by atoms with Crippen molar-refractivity contribution in [3.8, 4) is 0 Å². The zero-order valence-electron chi connectivity index (χ0n) is 6.79. The number of hydrogen-bond acceptors (Lipinski definition) is 2. The van der Waals surface area contributed by atoms with E-state index in [1.807, 2.05) is 0 Å². The molecule has 0 aromatic heterocycles. The third-order valence-corrected chi connectivity index (χ3v) is 1.36. The van der Waals surface area contributed by atoms with Crippen LogP contribution in [0.3, 0.4) is 0 Å². The summed E-state index contributed by atoms with van der Waals surface area (Å²) in [6.07, 6.45) is 1.41. The lowest BCUT2D eigenvalue weighted by atomic mass is 10.0. The Bertz CT molecular complexity index is 202. The predicted octanol–water partition coefficient (Wildman–Crippen LogP) is 0.921. The first-order valence-electron chi connectivity index (χ1n) is 3.29. The fraction of sp³-hybridized carbons (Fsp3) is 0.375. The molecule has 0 saturated carbocycles. The topological polar surface area (TPSA) is 63.3 Å². The Balaban J connectivity index is 4.77. The van der Waals surface area contributed by atoms with Gasteiger partial charge in [-0.05, 0) is 13.8 Å². The van der Waals surface area contributed by atoms with Crippen molar-refractivity contribution in [3.63, 3.8) is 0 Å². The largest absolute Gasteiger partial charge is 0.478 e. The van der Waals surface area contributed by atoms with E-state index in [2.05, 4.69) is 6.58 Å². The average Bonchev–Trinajstić information content (AvgIpc) is 1.85. The van der Waals surface area contributed by atoms with Gasteiger partial charge in [0.05, 0.1) is 11.6 Å². The number of aliphatic carboxylic acids is 1. The second-order valence-electron chi connectivity index (χ2n) is 2.48. The molecule has 3 nitrogen and oxygen atoms in total. The molecule has 0 aromatic carbocycles. The van der Waals surface area contributed by atoms with Crippen molar-refractivity contribution in [1.82, 2.24) is 0 Å². The summed E-state index contributed by atoms with van der Waals surface area (Å²) in [5.74, 6) is -0.975. The molecule has 0 spiro atoms. The molecule has 11 heavy (non-hydrogen) atoms. The Kier molecular flexibility index (Phi) is 3.54. The van der Waals surface area contributed by atoms with Crippen LogP contribution in [0.2, 0.25) is 0 Å². The van der Waals surface area contributed by atoms with Gasteiger partial charge in [0.25, 0.3) is 0 Å². The van der Waals surface area contributed by atoms with Crippen molar-refractivity contribution in [2.24, 2.45) is 5.73 Å². The quantitative estimate of drug-likeness (QED) is 0.470. The highest BCUT2D eigenvalue weighted by atomic mass is 16.4. The molecular weight excluding hydrogens is 142 g/mol. The number of rotatable bonds is 3. The molecule has 3 N–H and O–H groups in total. The van der Waals surface area contributed by atoms with Gasteiger partial charge in [0, 0.05) is 0 Å². The van der Waals surface area contributed by atoms with Gasteiger partial charge in [-0.3, -0.25) is 0 Å². The normalized spacial score (nSPS) is 11.9. The highest BCUT2D eigenvalue weighted by Crippen LogP contribution is 2.07. The van der Waals surface area contributed by atoms with E-state index in [-0.39, 0.29) is 5.57 Å². The molecule has 1 unspecified atom stereocenters. The van der Waals surface area contributed by atoms with E-state index in [1.54, 1.807) is 13.8 Å². The summed E-state index contributed by atoms with van der Waals surface area (Å²) in [4.78, 5) is 10.6. The fourth-order valence-electron chi connectivity index (χ4n) is 0.808. The van der Waals surface area contributed by atoms with Crippen molar-refractivity contribution < 1.29 is 9.90 Å². The van der Waals surface area contributed by atoms with Crippen LogP contribution in [0.4, 0.5) is 0 Å². The van der Waals surface area contributed by atoms with Gasteiger partial charge in [-0.1, -0.05) is 11.6 Å². The lowest BCUT2D eigenvalue weighted by molar-refractivity contribution is -0.132. The van der Waals surface area contributed by atoms with E-state index in [0.717, 1.165) is 0 Å². The van der Waals surface area contributed by atoms with Crippen LogP contribution >= 0.6 is 0 Å². The summed E-state index contributed by atoms with van der Waals surface area (Å²) in [6, 6.07) is -0.572. The summed E-state index contributed by atoms with van der Waals surface area (Å²) in [5.41, 5.74) is 6.40. The van der Waals surface area contributed by atoms with Crippen LogP contribution in [-0.2, 0) is 4.79 Å². The zero-order chi connectivity index (χ0) is 9.02. The Morgan fingerprint density at radius 2 is 2.09 bits per heavy atom. The van der Waals surface area contributed by atoms with Crippen LogP contribution in [0.5, 0.6) is 0 Å². The van der Waals surface area contributed by atoms with E-state index in [9.17, 15) is 4.79 Å². The van der Waals surface area contributed by atoms with Gasteiger partial charge in [0.2, 0.25) is 0 Å². The molecule has 0 amide bonds. The van der Waals surface area contributed by atoms with Crippen molar-refractivity contribution in [2.75, 3.05) is 0 Å². The smallest absolute Gasteiger partial charge is 0.333 e. The first-order valence-corrected chi connectivity index (χ1v) is 3.29. The fourth-order valence-corrected chi connectivity index (χ4v) is 0.808. The lowest BCUT2D eigenvalue weighted by Gasteiger charge is -2.08. The molecule has 0 aromatic rings. The van der Waals surface area contributed by atoms with Gasteiger partial charge in [-0.15, -0.1) is 6.58 Å². The van der Waals surface area contributed by atoms with Gasteiger partial charge in [0.15, 0.2) is 0 Å². The molecule has 0 aliphatic rings. The summed E-state index contributed by atoms with van der Waals surface area (Å²) < 4.78 is 0. The first kappa shape index (κ1) is 9.91. The van der Waals surface area contributed by atoms with Gasteiger partial charge in [0.1, 0.15) is 0 Å². The SMILES string of the molecule is C=CC(N)C(C(=O)O)=C(C)C. The highest BCUT2D eigenvalue weighted by molar-refractivity contribution is 5.89. The van der Waals surface area contributed by atoms with E-state index in [1.165, 1.54) is 6.08 Å². The molecule has 1 atom stereocenters. The Morgan fingerprint density at radius 3 is 2.18 bits per heavy atom. The van der Waals surface area contributed by atoms with E-state index in [0.29, 0.717) is 5.57 Å². The first-order chi connectivity index (χ1) is 5.00. The van der Waals surface area contributed by atoms with Crippen molar-refractivity contribution in [3.05, 3.63) is 23.8 Å². The number of nitrogens with two attached hydrogens (primary N) is 1. The summed E-state index contributed by atoms with van der Waals surface area (Å²) in [5, 5.41) is 8.66. The van der Waals surface area contributed by atoms with Crippen LogP contribution in [0.25, 0.3) is 0 Å². The maximum atomic E-state index is 10.6. The van der Waals surface area contributed by atoms with Gasteiger partial charge in [-0.2, -0.15) is 0 Å². The molecule has 0 saturated heterocycles. The van der Waals surface area contributed by atoms with Crippen LogP contribution in [-0.4, -0.2) is 17.1 Å². The minimum Gasteiger partial charge on any atom is -0.478 e. The van der Waals surface area contributed by atoms with Crippen molar-refractivity contribution in [1.29, 1.82) is 0 Å². The van der Waals surface area contributed by atoms with Crippen LogP contribution < -0.4 is 5.73 Å². The average molecular weight is 155 g/mol. The molecule has 0 aliphatic carbocycles. The minimum atomic E-state index is -0.975. The van der Waals surface area contributed by atoms with Gasteiger partial charge >= 0.3 is 5.97 Å². The molecule has 0 fully saturated rings. The number of carboxylic acids is 1. The molecule has 0 radical (unpaired) electrons. The molecule has 0 bridgehead atoms. The number of allylic oxidation sites excluding steroid dienone is 1. The summed E-state index contributed by atoms with van der Waals surface area (Å²) in [6.45, 7) is 6.85. The highest BCUT2D eigenvalue weighted by Gasteiger charge is 2.14. The van der Waals surface area contributed by atoms with E-state index >= 15 is 0 Å². The molecule has 62 valence electrons. The molecule has 3 heteroatoms. The van der Waals surface area contributed by atoms with Crippen LogP contribution in [0.15, 0.2) is 23.8 Å². The van der Waals surface area contributed by atoms with E-state index in [4.69, 9.17) is 10.8 Å². The van der Waals surface area contributed by atoms with Crippen molar-refractivity contribution >= 4 is 5.97 Å².